The number of rotatable bonds is 5. The highest BCUT2D eigenvalue weighted by atomic mass is 79.9. The molecule has 33 heavy (non-hydrogen) atoms. The molecule has 2 aliphatic carbocycles. The number of anilines is 3. The van der Waals surface area contributed by atoms with Crippen molar-refractivity contribution in [3.05, 3.63) is 38.1 Å². The minimum Gasteiger partial charge on any atom is -0.340 e. The van der Waals surface area contributed by atoms with Crippen molar-refractivity contribution >= 4 is 76.8 Å². The predicted octanol–water partition coefficient (Wildman–Crippen LogP) is 4.84. The lowest BCUT2D eigenvalue weighted by Gasteiger charge is -2.35. The zero-order valence-corrected chi connectivity index (χ0v) is 23.0. The van der Waals surface area contributed by atoms with Gasteiger partial charge in [0.25, 0.3) is 0 Å². The van der Waals surface area contributed by atoms with Crippen molar-refractivity contribution in [2.75, 3.05) is 15.5 Å². The second-order valence-electron chi connectivity index (χ2n) is 8.43. The number of nitrogens with one attached hydrogen (secondary N) is 3. The summed E-state index contributed by atoms with van der Waals surface area (Å²) in [6, 6.07) is 8.04. The minimum absolute atomic E-state index is 0.0401. The van der Waals surface area contributed by atoms with Crippen molar-refractivity contribution in [2.24, 2.45) is 0 Å². The third kappa shape index (κ3) is 6.32. The summed E-state index contributed by atoms with van der Waals surface area (Å²) < 4.78 is 2.16. The largest absolute Gasteiger partial charge is 0.340 e. The summed E-state index contributed by atoms with van der Waals surface area (Å²) >= 11 is 9.95. The molecule has 2 unspecified atom stereocenters. The maximum Gasteiger partial charge on any atom is 0.246 e. The lowest BCUT2D eigenvalue weighted by atomic mass is 10.1. The third-order valence-electron chi connectivity index (χ3n) is 5.61. The van der Waals surface area contributed by atoms with Crippen molar-refractivity contribution in [1.29, 1.82) is 0 Å². The van der Waals surface area contributed by atoms with E-state index in [2.05, 4.69) is 78.6 Å². The van der Waals surface area contributed by atoms with Crippen molar-refractivity contribution in [3.8, 4) is 0 Å². The fourth-order valence-electron chi connectivity index (χ4n) is 3.53. The van der Waals surface area contributed by atoms with E-state index in [9.17, 15) is 9.59 Å². The van der Waals surface area contributed by atoms with Gasteiger partial charge < -0.3 is 20.9 Å². The Morgan fingerprint density at radius 2 is 1.76 bits per heavy atom. The maximum atomic E-state index is 11.9. The number of hydrogen-bond acceptors (Lipinski definition) is 6. The first kappa shape index (κ1) is 24.6. The lowest BCUT2D eigenvalue weighted by molar-refractivity contribution is -0.118. The van der Waals surface area contributed by atoms with E-state index in [-0.39, 0.29) is 23.9 Å². The normalized spacial score (nSPS) is 20.2. The average molecular weight is 645 g/mol. The summed E-state index contributed by atoms with van der Waals surface area (Å²) in [6.45, 7) is 3.80. The van der Waals surface area contributed by atoms with Gasteiger partial charge in [0.2, 0.25) is 11.8 Å². The molecule has 0 spiro atoms. The molecule has 3 N–H and O–H groups in total. The Bertz CT molecular complexity index is 1060. The highest BCUT2D eigenvalue weighted by Gasteiger charge is 2.40. The van der Waals surface area contributed by atoms with Crippen molar-refractivity contribution in [3.63, 3.8) is 0 Å². The van der Waals surface area contributed by atoms with Crippen LogP contribution in [0.15, 0.2) is 38.1 Å². The highest BCUT2D eigenvalue weighted by Crippen LogP contribution is 2.39. The molecule has 1 aliphatic heterocycles. The monoisotopic (exact) mass is 642 g/mol. The Hall–Kier alpha value is -1.56. The average Bonchev–Trinajstić information content (AvgIpc) is 3.67. The van der Waals surface area contributed by atoms with Gasteiger partial charge in [-0.1, -0.05) is 0 Å². The highest BCUT2D eigenvalue weighted by molar-refractivity contribution is 9.11. The number of carbonyl (C=O) groups is 2. The van der Waals surface area contributed by atoms with Crippen LogP contribution in [0.2, 0.25) is 0 Å². The predicted molar refractivity (Wildman–Crippen MR) is 139 cm³/mol. The SMILES string of the molecule is CC(NC1CC1)C(=O)Nc1ccc(Br)nc1Br.CC1C(=O)Nc2ccc(Br)nc2N1C1CC1. The van der Waals surface area contributed by atoms with Gasteiger partial charge in [-0.3, -0.25) is 9.59 Å². The molecule has 2 aromatic heterocycles. The molecule has 2 fully saturated rings. The molecule has 8 nitrogen and oxygen atoms in total. The maximum absolute atomic E-state index is 11.9. The summed E-state index contributed by atoms with van der Waals surface area (Å²) in [6.07, 6.45) is 4.65. The van der Waals surface area contributed by atoms with Gasteiger partial charge in [-0.05, 0) is 112 Å². The van der Waals surface area contributed by atoms with Crippen LogP contribution in [0.4, 0.5) is 17.2 Å². The van der Waals surface area contributed by atoms with E-state index in [1.165, 1.54) is 12.8 Å². The van der Waals surface area contributed by atoms with Gasteiger partial charge in [0.05, 0.1) is 17.4 Å². The van der Waals surface area contributed by atoms with Gasteiger partial charge in [0.15, 0.2) is 5.82 Å². The fourth-order valence-corrected chi connectivity index (χ4v) is 4.80. The van der Waals surface area contributed by atoms with Crippen LogP contribution < -0.4 is 20.9 Å². The number of nitrogens with zero attached hydrogens (tertiary/aromatic N) is 3. The number of aromatic nitrogens is 2. The summed E-state index contributed by atoms with van der Waals surface area (Å²) in [7, 11) is 0. The number of hydrogen-bond donors (Lipinski definition) is 3. The number of carbonyl (C=O) groups excluding carboxylic acids is 2. The molecule has 11 heteroatoms. The molecule has 5 rings (SSSR count). The molecule has 0 saturated heterocycles. The van der Waals surface area contributed by atoms with Crippen molar-refractivity contribution in [1.82, 2.24) is 15.3 Å². The smallest absolute Gasteiger partial charge is 0.246 e. The zero-order chi connectivity index (χ0) is 23.7. The van der Waals surface area contributed by atoms with E-state index in [1.807, 2.05) is 32.0 Å². The first-order chi connectivity index (χ1) is 15.7. The molecular formula is C22H25Br3N6O2. The quantitative estimate of drug-likeness (QED) is 0.403. The van der Waals surface area contributed by atoms with Crippen molar-refractivity contribution in [2.45, 2.75) is 63.7 Å². The Balaban J connectivity index is 0.000000157. The van der Waals surface area contributed by atoms with E-state index in [0.717, 1.165) is 33.6 Å². The summed E-state index contributed by atoms with van der Waals surface area (Å²) in [5, 5.41) is 8.97. The second kappa shape index (κ2) is 10.4. The van der Waals surface area contributed by atoms with Gasteiger partial charge in [-0.25, -0.2) is 9.97 Å². The summed E-state index contributed by atoms with van der Waals surface area (Å²) in [5.74, 6) is 0.911. The van der Waals surface area contributed by atoms with Crippen LogP contribution in [0.5, 0.6) is 0 Å². The van der Waals surface area contributed by atoms with Crippen LogP contribution in [-0.4, -0.2) is 45.9 Å². The van der Waals surface area contributed by atoms with Crippen LogP contribution in [0.1, 0.15) is 39.5 Å². The van der Waals surface area contributed by atoms with Gasteiger partial charge in [0.1, 0.15) is 19.9 Å². The third-order valence-corrected chi connectivity index (χ3v) is 7.10. The molecule has 0 bridgehead atoms. The second-order valence-corrected chi connectivity index (χ2v) is 10.8. The van der Waals surface area contributed by atoms with Crippen LogP contribution in [0.25, 0.3) is 0 Å². The van der Waals surface area contributed by atoms with E-state index < -0.39 is 0 Å². The van der Waals surface area contributed by atoms with Gasteiger partial charge in [-0.15, -0.1) is 0 Å². The Morgan fingerprint density at radius 1 is 1.09 bits per heavy atom. The first-order valence-electron chi connectivity index (χ1n) is 10.9. The fraction of sp³-hybridized carbons (Fsp3) is 0.455. The minimum atomic E-state index is -0.182. The topological polar surface area (TPSA) is 99.2 Å². The number of amides is 2. The van der Waals surface area contributed by atoms with Crippen LogP contribution in [-0.2, 0) is 9.59 Å². The molecule has 2 aromatic rings. The zero-order valence-electron chi connectivity index (χ0n) is 18.2. The first-order valence-corrected chi connectivity index (χ1v) is 13.3. The van der Waals surface area contributed by atoms with Gasteiger partial charge in [0, 0.05) is 12.1 Å². The lowest BCUT2D eigenvalue weighted by Crippen LogP contribution is -2.47. The number of pyridine rings is 2. The molecule has 0 aromatic carbocycles. The molecule has 176 valence electrons. The molecule has 2 atom stereocenters. The molecule has 3 heterocycles. The number of halogens is 3. The summed E-state index contributed by atoms with van der Waals surface area (Å²) in [5.41, 5.74) is 1.50. The van der Waals surface area contributed by atoms with Crippen LogP contribution in [0.3, 0.4) is 0 Å². The standard InChI is InChI=1S/C11H13Br2N3O.C11H12BrN3O/c1-6(14-7-2-3-7)11(17)15-8-4-5-9(12)16-10(8)13;1-6-11(16)13-8-4-5-9(12)14-10(8)15(6)7-2-3-7/h4-7,14H,2-3H2,1H3,(H,15,17);4-7H,2-3H2,1H3,(H,13,16). The Kier molecular flexibility index (Phi) is 7.72. The van der Waals surface area contributed by atoms with Crippen molar-refractivity contribution < 1.29 is 9.59 Å². The molecule has 0 radical (unpaired) electrons. The van der Waals surface area contributed by atoms with Gasteiger partial charge >= 0.3 is 0 Å². The molecule has 3 aliphatic rings. The molecule has 2 amide bonds. The van der Waals surface area contributed by atoms with E-state index >= 15 is 0 Å². The molecular weight excluding hydrogens is 620 g/mol. The Labute approximate surface area is 218 Å². The summed E-state index contributed by atoms with van der Waals surface area (Å²) in [4.78, 5) is 34.4. The Morgan fingerprint density at radius 3 is 2.39 bits per heavy atom. The van der Waals surface area contributed by atoms with E-state index in [1.54, 1.807) is 6.07 Å². The van der Waals surface area contributed by atoms with Gasteiger partial charge in [-0.2, -0.15) is 0 Å². The van der Waals surface area contributed by atoms with E-state index in [4.69, 9.17) is 0 Å². The number of fused-ring (bicyclic) bond motifs is 1. The van der Waals surface area contributed by atoms with Crippen LogP contribution >= 0.6 is 47.8 Å². The van der Waals surface area contributed by atoms with Crippen LogP contribution in [0, 0.1) is 0 Å². The van der Waals surface area contributed by atoms with E-state index in [0.29, 0.717) is 22.4 Å². The molecule has 2 saturated carbocycles.